The molecular formula is C26H19N3O2S. The van der Waals surface area contributed by atoms with Gasteiger partial charge in [-0.25, -0.2) is 4.98 Å². The number of carbonyl (C=O) groups excluding carboxylic acids is 1. The molecule has 1 amide bonds. The van der Waals surface area contributed by atoms with Gasteiger partial charge in [-0.05, 0) is 28.8 Å². The molecule has 0 fully saturated rings. The van der Waals surface area contributed by atoms with Crippen LogP contribution in [-0.2, 0) is 11.3 Å². The van der Waals surface area contributed by atoms with Crippen molar-refractivity contribution in [1.82, 2.24) is 9.55 Å². The highest BCUT2D eigenvalue weighted by Crippen LogP contribution is 2.32. The molecule has 0 bridgehead atoms. The number of benzene rings is 3. The van der Waals surface area contributed by atoms with Gasteiger partial charge in [-0.3, -0.25) is 14.2 Å². The SMILES string of the molecule is O=C(Cn1cnc2scc(-c3ccc(-c4ccccc4)cc3)c2c1=O)Nc1ccccc1. The standard InChI is InChI=1S/C26H19N3O2S/c30-23(28-21-9-5-2-6-10-21)15-29-17-27-25-24(26(29)31)22(16-32-25)20-13-11-19(12-14-20)18-7-3-1-4-8-18/h1-14,16-17H,15H2,(H,28,30). The number of carbonyl (C=O) groups is 1. The summed E-state index contributed by atoms with van der Waals surface area (Å²) in [6.07, 6.45) is 1.44. The largest absolute Gasteiger partial charge is 0.325 e. The van der Waals surface area contributed by atoms with E-state index in [0.29, 0.717) is 15.9 Å². The average molecular weight is 438 g/mol. The Kier molecular flexibility index (Phi) is 5.35. The molecule has 0 saturated carbocycles. The van der Waals surface area contributed by atoms with Crippen molar-refractivity contribution in [1.29, 1.82) is 0 Å². The minimum absolute atomic E-state index is 0.0983. The summed E-state index contributed by atoms with van der Waals surface area (Å²) >= 11 is 1.43. The number of nitrogens with one attached hydrogen (secondary N) is 1. The molecule has 0 atom stereocenters. The van der Waals surface area contributed by atoms with Gasteiger partial charge in [0.2, 0.25) is 5.91 Å². The van der Waals surface area contributed by atoms with Gasteiger partial charge < -0.3 is 5.32 Å². The van der Waals surface area contributed by atoms with E-state index in [9.17, 15) is 9.59 Å². The Bertz CT molecular complexity index is 1440. The van der Waals surface area contributed by atoms with E-state index in [-0.39, 0.29) is 18.0 Å². The monoisotopic (exact) mass is 437 g/mol. The van der Waals surface area contributed by atoms with Gasteiger partial charge in [-0.1, -0.05) is 72.8 Å². The fourth-order valence-electron chi connectivity index (χ4n) is 3.64. The maximum absolute atomic E-state index is 13.2. The molecule has 0 aliphatic heterocycles. The van der Waals surface area contributed by atoms with Crippen LogP contribution < -0.4 is 10.9 Å². The van der Waals surface area contributed by atoms with Gasteiger partial charge in [0.15, 0.2) is 0 Å². The predicted octanol–water partition coefficient (Wildman–Crippen LogP) is 5.43. The van der Waals surface area contributed by atoms with Gasteiger partial charge in [0.25, 0.3) is 5.56 Å². The number of fused-ring (bicyclic) bond motifs is 1. The molecule has 6 heteroatoms. The second kappa shape index (κ2) is 8.61. The molecule has 5 aromatic rings. The van der Waals surface area contributed by atoms with Crippen molar-refractivity contribution < 1.29 is 4.79 Å². The van der Waals surface area contributed by atoms with Crippen LogP contribution in [0.2, 0.25) is 0 Å². The van der Waals surface area contributed by atoms with E-state index in [2.05, 4.69) is 34.6 Å². The topological polar surface area (TPSA) is 64.0 Å². The van der Waals surface area contributed by atoms with Crippen molar-refractivity contribution in [3.63, 3.8) is 0 Å². The number of hydrogen-bond donors (Lipinski definition) is 1. The third-order valence-corrected chi connectivity index (χ3v) is 6.12. The summed E-state index contributed by atoms with van der Waals surface area (Å²) in [5.41, 5.74) is 4.50. The Labute approximate surface area is 188 Å². The Morgan fingerprint density at radius 1 is 0.844 bits per heavy atom. The number of anilines is 1. The highest BCUT2D eigenvalue weighted by Gasteiger charge is 2.15. The highest BCUT2D eigenvalue weighted by atomic mass is 32.1. The number of para-hydroxylation sites is 1. The minimum Gasteiger partial charge on any atom is -0.325 e. The Hall–Kier alpha value is -4.03. The number of nitrogens with zero attached hydrogens (tertiary/aromatic N) is 2. The van der Waals surface area contributed by atoms with Gasteiger partial charge in [0.05, 0.1) is 11.7 Å². The summed E-state index contributed by atoms with van der Waals surface area (Å²) in [6, 6.07) is 27.5. The smallest absolute Gasteiger partial charge is 0.263 e. The molecular weight excluding hydrogens is 418 g/mol. The minimum atomic E-state index is -0.275. The van der Waals surface area contributed by atoms with E-state index in [1.807, 2.05) is 53.9 Å². The lowest BCUT2D eigenvalue weighted by molar-refractivity contribution is -0.116. The number of aromatic nitrogens is 2. The summed E-state index contributed by atoms with van der Waals surface area (Å²) in [7, 11) is 0. The molecule has 0 aliphatic rings. The van der Waals surface area contributed by atoms with E-state index >= 15 is 0 Å². The van der Waals surface area contributed by atoms with Crippen molar-refractivity contribution >= 4 is 33.1 Å². The van der Waals surface area contributed by atoms with Gasteiger partial charge in [0.1, 0.15) is 11.4 Å². The zero-order valence-corrected chi connectivity index (χ0v) is 17.9. The van der Waals surface area contributed by atoms with Gasteiger partial charge in [-0.2, -0.15) is 0 Å². The molecule has 0 unspecified atom stereocenters. The molecule has 3 aromatic carbocycles. The molecule has 32 heavy (non-hydrogen) atoms. The summed E-state index contributed by atoms with van der Waals surface area (Å²) in [5, 5.41) is 5.29. The highest BCUT2D eigenvalue weighted by molar-refractivity contribution is 7.17. The van der Waals surface area contributed by atoms with Crippen LogP contribution >= 0.6 is 11.3 Å². The Balaban J connectivity index is 1.45. The Morgan fingerprint density at radius 3 is 2.19 bits per heavy atom. The summed E-state index contributed by atoms with van der Waals surface area (Å²) in [6.45, 7) is -0.0983. The Morgan fingerprint density at radius 2 is 1.47 bits per heavy atom. The van der Waals surface area contributed by atoms with Crippen LogP contribution in [0.3, 0.4) is 0 Å². The summed E-state index contributed by atoms with van der Waals surface area (Å²) < 4.78 is 1.36. The van der Waals surface area contributed by atoms with Crippen LogP contribution in [0, 0.1) is 0 Å². The normalized spacial score (nSPS) is 10.9. The first kappa shape index (κ1) is 19.9. The predicted molar refractivity (Wildman–Crippen MR) is 130 cm³/mol. The number of rotatable bonds is 5. The van der Waals surface area contributed by atoms with Crippen LogP contribution in [-0.4, -0.2) is 15.5 Å². The fraction of sp³-hybridized carbons (Fsp3) is 0.0385. The lowest BCUT2D eigenvalue weighted by Gasteiger charge is -2.08. The molecule has 0 radical (unpaired) electrons. The van der Waals surface area contributed by atoms with E-state index in [4.69, 9.17) is 0 Å². The average Bonchev–Trinajstić information content (AvgIpc) is 3.27. The zero-order valence-electron chi connectivity index (χ0n) is 17.1. The molecule has 0 aliphatic carbocycles. The quantitative estimate of drug-likeness (QED) is 0.399. The lowest BCUT2D eigenvalue weighted by Crippen LogP contribution is -2.27. The number of thiophene rings is 1. The lowest BCUT2D eigenvalue weighted by atomic mass is 10.0. The van der Waals surface area contributed by atoms with Gasteiger partial charge in [0, 0.05) is 16.6 Å². The van der Waals surface area contributed by atoms with Crippen molar-refractivity contribution in [2.24, 2.45) is 0 Å². The third-order valence-electron chi connectivity index (χ3n) is 5.24. The number of hydrogen-bond acceptors (Lipinski definition) is 4. The molecule has 156 valence electrons. The first-order valence-corrected chi connectivity index (χ1v) is 11.0. The first-order valence-electron chi connectivity index (χ1n) is 10.2. The van der Waals surface area contributed by atoms with Gasteiger partial charge in [-0.15, -0.1) is 11.3 Å². The molecule has 2 aromatic heterocycles. The summed E-state index contributed by atoms with van der Waals surface area (Å²) in [4.78, 5) is 30.7. The van der Waals surface area contributed by atoms with Crippen molar-refractivity contribution in [2.75, 3.05) is 5.32 Å². The maximum Gasteiger partial charge on any atom is 0.263 e. The maximum atomic E-state index is 13.2. The van der Waals surface area contributed by atoms with E-state index in [1.54, 1.807) is 12.1 Å². The molecule has 0 spiro atoms. The fourth-order valence-corrected chi connectivity index (χ4v) is 4.55. The van der Waals surface area contributed by atoms with Crippen LogP contribution in [0.25, 0.3) is 32.5 Å². The van der Waals surface area contributed by atoms with Crippen LogP contribution in [0.1, 0.15) is 0 Å². The zero-order chi connectivity index (χ0) is 21.9. The van der Waals surface area contributed by atoms with Crippen LogP contribution in [0.15, 0.2) is 101 Å². The van der Waals surface area contributed by atoms with E-state index in [1.165, 1.54) is 22.2 Å². The first-order chi connectivity index (χ1) is 15.7. The van der Waals surface area contributed by atoms with Gasteiger partial charge >= 0.3 is 0 Å². The number of amides is 1. The third kappa shape index (κ3) is 3.96. The van der Waals surface area contributed by atoms with E-state index < -0.39 is 0 Å². The second-order valence-electron chi connectivity index (χ2n) is 7.36. The molecule has 5 nitrogen and oxygen atoms in total. The molecule has 0 saturated heterocycles. The molecule has 2 heterocycles. The van der Waals surface area contributed by atoms with Crippen LogP contribution in [0.5, 0.6) is 0 Å². The second-order valence-corrected chi connectivity index (χ2v) is 8.22. The molecule has 1 N–H and O–H groups in total. The molecule has 5 rings (SSSR count). The summed E-state index contributed by atoms with van der Waals surface area (Å²) in [5.74, 6) is -0.275. The van der Waals surface area contributed by atoms with Crippen molar-refractivity contribution in [3.05, 3.63) is 107 Å². The van der Waals surface area contributed by atoms with Crippen LogP contribution in [0.4, 0.5) is 5.69 Å². The van der Waals surface area contributed by atoms with Crippen molar-refractivity contribution in [3.8, 4) is 22.3 Å². The van der Waals surface area contributed by atoms with E-state index in [0.717, 1.165) is 22.3 Å². The van der Waals surface area contributed by atoms with Crippen molar-refractivity contribution in [2.45, 2.75) is 6.54 Å².